The fourth-order valence-corrected chi connectivity index (χ4v) is 3.75. The van der Waals surface area contributed by atoms with Gasteiger partial charge in [0, 0.05) is 19.0 Å². The van der Waals surface area contributed by atoms with Crippen molar-refractivity contribution in [1.82, 2.24) is 4.90 Å². The summed E-state index contributed by atoms with van der Waals surface area (Å²) in [6.45, 7) is 1.01. The number of carbonyl (C=O) groups is 1. The third kappa shape index (κ3) is 4.85. The molecule has 28 heavy (non-hydrogen) atoms. The fraction of sp³-hybridized carbons (Fsp3) is 0.238. The van der Waals surface area contributed by atoms with E-state index >= 15 is 0 Å². The van der Waals surface area contributed by atoms with Crippen LogP contribution < -0.4 is 14.2 Å². The Morgan fingerprint density at radius 2 is 1.61 bits per heavy atom. The maximum atomic E-state index is 12.2. The Balaban J connectivity index is 1.56. The number of ether oxygens (including phenoxy) is 3. The number of rotatable bonds is 8. The number of hydrogen-bond donors (Lipinski definition) is 0. The second kappa shape index (κ2) is 9.61. The fourth-order valence-electron chi connectivity index (χ4n) is 2.58. The third-order valence-electron chi connectivity index (χ3n) is 4.07. The zero-order chi connectivity index (χ0) is 19.9. The van der Waals surface area contributed by atoms with E-state index in [0.29, 0.717) is 40.4 Å². The Bertz CT molecular complexity index is 897. The minimum atomic E-state index is -0.0880. The van der Waals surface area contributed by atoms with Crippen molar-refractivity contribution < 1.29 is 19.0 Å². The van der Waals surface area contributed by atoms with Crippen LogP contribution in [-0.2, 0) is 4.79 Å². The molecule has 0 saturated carbocycles. The summed E-state index contributed by atoms with van der Waals surface area (Å²) in [5.74, 6) is 2.06. The number of nitrogens with zero attached hydrogens (tertiary/aromatic N) is 1. The molecular weight excluding hydrogens is 394 g/mol. The Kier molecular flexibility index (Phi) is 6.95. The first-order valence-electron chi connectivity index (χ1n) is 8.79. The highest BCUT2D eigenvalue weighted by atomic mass is 32.2. The van der Waals surface area contributed by atoms with Gasteiger partial charge in [0.1, 0.15) is 10.1 Å². The van der Waals surface area contributed by atoms with Gasteiger partial charge in [0.15, 0.2) is 11.5 Å². The molecule has 0 N–H and O–H groups in total. The zero-order valence-corrected chi connectivity index (χ0v) is 17.3. The van der Waals surface area contributed by atoms with E-state index < -0.39 is 0 Å². The van der Waals surface area contributed by atoms with Crippen LogP contribution in [0.25, 0.3) is 6.08 Å². The number of hydrogen-bond acceptors (Lipinski definition) is 6. The minimum absolute atomic E-state index is 0.0880. The molecular formula is C21H21NO4S2. The van der Waals surface area contributed by atoms with Crippen molar-refractivity contribution in [2.75, 3.05) is 27.4 Å². The quantitative estimate of drug-likeness (QED) is 0.362. The molecule has 0 bridgehead atoms. The van der Waals surface area contributed by atoms with Gasteiger partial charge in [-0.15, -0.1) is 0 Å². The van der Waals surface area contributed by atoms with Crippen molar-refractivity contribution in [3.05, 3.63) is 59.0 Å². The summed E-state index contributed by atoms with van der Waals surface area (Å²) in [7, 11) is 3.30. The largest absolute Gasteiger partial charge is 0.493 e. The highest BCUT2D eigenvalue weighted by Gasteiger charge is 2.28. The predicted molar refractivity (Wildman–Crippen MR) is 116 cm³/mol. The van der Waals surface area contributed by atoms with E-state index in [1.807, 2.05) is 54.6 Å². The van der Waals surface area contributed by atoms with Gasteiger partial charge in [-0.1, -0.05) is 54.3 Å². The Morgan fingerprint density at radius 3 is 2.25 bits per heavy atom. The first kappa shape index (κ1) is 20.2. The molecule has 0 atom stereocenters. The Hall–Kier alpha value is -2.51. The lowest BCUT2D eigenvalue weighted by Crippen LogP contribution is -2.22. The summed E-state index contributed by atoms with van der Waals surface area (Å²) in [6.07, 6.45) is 2.53. The maximum absolute atomic E-state index is 12.2. The minimum Gasteiger partial charge on any atom is -0.493 e. The van der Waals surface area contributed by atoms with Crippen molar-refractivity contribution in [2.24, 2.45) is 0 Å². The standard InChI is InChI=1S/C21H21NO4S2/c1-22-20(23)19(28-21(22)27)14-15-8-3-4-9-16(15)25-12-7-13-26-18-11-6-5-10-17(18)24-2/h3-6,8-11,14H,7,12-13H2,1-2H3/b19-14+. The van der Waals surface area contributed by atoms with E-state index in [4.69, 9.17) is 26.4 Å². The lowest BCUT2D eigenvalue weighted by molar-refractivity contribution is -0.121. The second-order valence-electron chi connectivity index (χ2n) is 5.98. The van der Waals surface area contributed by atoms with Crippen LogP contribution >= 0.6 is 24.0 Å². The number of thiocarbonyl (C=S) groups is 1. The highest BCUT2D eigenvalue weighted by molar-refractivity contribution is 8.26. The van der Waals surface area contributed by atoms with Gasteiger partial charge in [0.2, 0.25) is 0 Å². The first-order valence-corrected chi connectivity index (χ1v) is 10.0. The van der Waals surface area contributed by atoms with Gasteiger partial charge < -0.3 is 14.2 Å². The van der Waals surface area contributed by atoms with Crippen molar-refractivity contribution >= 4 is 40.3 Å². The normalized spacial score (nSPS) is 15.2. The molecule has 0 aliphatic carbocycles. The third-order valence-corrected chi connectivity index (χ3v) is 5.55. The molecule has 7 heteroatoms. The van der Waals surface area contributed by atoms with E-state index in [1.54, 1.807) is 14.2 Å². The summed E-state index contributed by atoms with van der Waals surface area (Å²) < 4.78 is 17.5. The number of thioether (sulfide) groups is 1. The number of amides is 1. The van der Waals surface area contributed by atoms with Crippen LogP contribution in [0.1, 0.15) is 12.0 Å². The van der Waals surface area contributed by atoms with Gasteiger partial charge in [-0.2, -0.15) is 0 Å². The van der Waals surface area contributed by atoms with Gasteiger partial charge in [0.05, 0.1) is 25.2 Å². The molecule has 1 heterocycles. The van der Waals surface area contributed by atoms with Gasteiger partial charge in [-0.05, 0) is 24.3 Å². The molecule has 5 nitrogen and oxygen atoms in total. The summed E-state index contributed by atoms with van der Waals surface area (Å²) in [5.41, 5.74) is 0.849. The van der Waals surface area contributed by atoms with Gasteiger partial charge in [0.25, 0.3) is 5.91 Å². The van der Waals surface area contributed by atoms with Crippen molar-refractivity contribution in [1.29, 1.82) is 0 Å². The smallest absolute Gasteiger partial charge is 0.265 e. The molecule has 1 amide bonds. The summed E-state index contributed by atoms with van der Waals surface area (Å²) in [6, 6.07) is 15.2. The topological polar surface area (TPSA) is 48.0 Å². The van der Waals surface area contributed by atoms with Crippen LogP contribution in [0.3, 0.4) is 0 Å². The maximum Gasteiger partial charge on any atom is 0.265 e. The summed E-state index contributed by atoms with van der Waals surface area (Å²) >= 11 is 6.48. The number of likely N-dealkylation sites (N-methyl/N-ethyl adjacent to an activating group) is 1. The second-order valence-corrected chi connectivity index (χ2v) is 7.66. The number of carbonyl (C=O) groups excluding carboxylic acids is 1. The van der Waals surface area contributed by atoms with Crippen LogP contribution in [0.4, 0.5) is 0 Å². The molecule has 1 saturated heterocycles. The van der Waals surface area contributed by atoms with Crippen LogP contribution in [0.15, 0.2) is 53.4 Å². The van der Waals surface area contributed by atoms with Crippen LogP contribution in [-0.4, -0.2) is 42.5 Å². The van der Waals surface area contributed by atoms with Crippen molar-refractivity contribution in [2.45, 2.75) is 6.42 Å². The zero-order valence-electron chi connectivity index (χ0n) is 15.7. The molecule has 0 radical (unpaired) electrons. The molecule has 1 aliphatic heterocycles. The van der Waals surface area contributed by atoms with Gasteiger partial charge in [-0.25, -0.2) is 0 Å². The van der Waals surface area contributed by atoms with Gasteiger partial charge in [-0.3, -0.25) is 9.69 Å². The number of benzene rings is 2. The molecule has 2 aromatic carbocycles. The van der Waals surface area contributed by atoms with Crippen LogP contribution in [0.5, 0.6) is 17.2 Å². The summed E-state index contributed by atoms with van der Waals surface area (Å²) in [4.78, 5) is 14.3. The monoisotopic (exact) mass is 415 g/mol. The average Bonchev–Trinajstić information content (AvgIpc) is 2.96. The van der Waals surface area contributed by atoms with Gasteiger partial charge >= 0.3 is 0 Å². The molecule has 1 aliphatic rings. The molecule has 3 rings (SSSR count). The summed E-state index contributed by atoms with van der Waals surface area (Å²) in [5, 5.41) is 0. The molecule has 0 spiro atoms. The molecule has 0 unspecified atom stereocenters. The Labute approximate surface area is 174 Å². The van der Waals surface area contributed by atoms with Crippen molar-refractivity contribution in [3.63, 3.8) is 0 Å². The van der Waals surface area contributed by atoms with Crippen molar-refractivity contribution in [3.8, 4) is 17.2 Å². The lowest BCUT2D eigenvalue weighted by Gasteiger charge is -2.12. The van der Waals surface area contributed by atoms with E-state index in [1.165, 1.54) is 16.7 Å². The van der Waals surface area contributed by atoms with Crippen LogP contribution in [0.2, 0.25) is 0 Å². The van der Waals surface area contributed by atoms with E-state index in [-0.39, 0.29) is 5.91 Å². The molecule has 146 valence electrons. The first-order chi connectivity index (χ1) is 13.6. The Morgan fingerprint density at radius 1 is 1.00 bits per heavy atom. The van der Waals surface area contributed by atoms with E-state index in [0.717, 1.165) is 11.3 Å². The SMILES string of the molecule is COc1ccccc1OCCCOc1ccccc1/C=C1/SC(=S)N(C)C1=O. The highest BCUT2D eigenvalue weighted by Crippen LogP contribution is 2.33. The number of methoxy groups -OCH3 is 1. The van der Waals surface area contributed by atoms with E-state index in [2.05, 4.69) is 0 Å². The number of para-hydroxylation sites is 3. The van der Waals surface area contributed by atoms with E-state index in [9.17, 15) is 4.79 Å². The molecule has 0 aromatic heterocycles. The predicted octanol–water partition coefficient (Wildman–Crippen LogP) is 4.37. The average molecular weight is 416 g/mol. The molecule has 2 aromatic rings. The lowest BCUT2D eigenvalue weighted by atomic mass is 10.2. The molecule has 1 fully saturated rings. The van der Waals surface area contributed by atoms with Crippen LogP contribution in [0, 0.1) is 0 Å².